The minimum atomic E-state index is 0.0765. The van der Waals surface area contributed by atoms with Gasteiger partial charge in [-0.2, -0.15) is 5.10 Å². The van der Waals surface area contributed by atoms with E-state index in [1.165, 1.54) is 6.42 Å². The molecule has 3 rings (SSSR count). The highest BCUT2D eigenvalue weighted by Gasteiger charge is 2.35. The lowest BCUT2D eigenvalue weighted by Gasteiger charge is -2.34. The fourth-order valence-electron chi connectivity index (χ4n) is 2.64. The lowest BCUT2D eigenvalue weighted by molar-refractivity contribution is -0.00807. The number of aromatic nitrogens is 2. The van der Waals surface area contributed by atoms with Crippen molar-refractivity contribution in [3.8, 4) is 0 Å². The lowest BCUT2D eigenvalue weighted by Crippen LogP contribution is -2.48. The van der Waals surface area contributed by atoms with Crippen LogP contribution in [0.15, 0.2) is 17.4 Å². The lowest BCUT2D eigenvalue weighted by atomic mass is 10.1. The number of rotatable bonds is 2. The second kappa shape index (κ2) is 5.44. The van der Waals surface area contributed by atoms with Crippen molar-refractivity contribution in [1.82, 2.24) is 20.0 Å². The van der Waals surface area contributed by atoms with Gasteiger partial charge in [-0.3, -0.25) is 9.67 Å². The van der Waals surface area contributed by atoms with Crippen molar-refractivity contribution in [3.63, 3.8) is 0 Å². The number of guanidine groups is 1. The Bertz CT molecular complexity index is 498. The van der Waals surface area contributed by atoms with E-state index in [4.69, 9.17) is 4.74 Å². The molecule has 3 atom stereocenters. The Labute approximate surface area is 119 Å². The van der Waals surface area contributed by atoms with Gasteiger partial charge in [-0.15, -0.1) is 0 Å². The van der Waals surface area contributed by atoms with E-state index < -0.39 is 0 Å². The molecule has 1 aromatic heterocycles. The Morgan fingerprint density at radius 2 is 2.35 bits per heavy atom. The summed E-state index contributed by atoms with van der Waals surface area (Å²) in [5, 5.41) is 7.76. The van der Waals surface area contributed by atoms with Gasteiger partial charge in [0.2, 0.25) is 0 Å². The van der Waals surface area contributed by atoms with Gasteiger partial charge in [0.05, 0.1) is 19.3 Å². The molecule has 2 aliphatic rings. The maximum absolute atomic E-state index is 5.87. The first-order valence-electron chi connectivity index (χ1n) is 7.26. The van der Waals surface area contributed by atoms with E-state index in [0.717, 1.165) is 37.1 Å². The quantitative estimate of drug-likeness (QED) is 0.641. The average molecular weight is 277 g/mol. The Hall–Kier alpha value is -1.56. The van der Waals surface area contributed by atoms with Gasteiger partial charge < -0.3 is 15.0 Å². The molecule has 0 bridgehead atoms. The summed E-state index contributed by atoms with van der Waals surface area (Å²) in [4.78, 5) is 6.70. The molecule has 2 fully saturated rings. The highest BCUT2D eigenvalue weighted by Crippen LogP contribution is 2.29. The second-order valence-corrected chi connectivity index (χ2v) is 5.76. The number of aliphatic imine (C=N–C) groups is 1. The maximum atomic E-state index is 5.87. The number of nitrogens with zero attached hydrogens (tertiary/aromatic N) is 4. The summed E-state index contributed by atoms with van der Waals surface area (Å²) in [7, 11) is 3.78. The van der Waals surface area contributed by atoms with Gasteiger partial charge in [-0.05, 0) is 12.3 Å². The minimum Gasteiger partial charge on any atom is -0.370 e. The van der Waals surface area contributed by atoms with Gasteiger partial charge >= 0.3 is 0 Å². The molecule has 6 nitrogen and oxygen atoms in total. The molecule has 1 N–H and O–H groups in total. The van der Waals surface area contributed by atoms with E-state index in [-0.39, 0.29) is 6.10 Å². The van der Waals surface area contributed by atoms with E-state index in [9.17, 15) is 0 Å². The minimum absolute atomic E-state index is 0.0765. The molecule has 0 aromatic carbocycles. The van der Waals surface area contributed by atoms with Crippen LogP contribution in [0.1, 0.15) is 25.0 Å². The number of nitrogens with one attached hydrogen (secondary N) is 1. The van der Waals surface area contributed by atoms with Crippen LogP contribution >= 0.6 is 0 Å². The fraction of sp³-hybridized carbons (Fsp3) is 0.714. The third-order valence-corrected chi connectivity index (χ3v) is 4.10. The van der Waals surface area contributed by atoms with Crippen molar-refractivity contribution in [3.05, 3.63) is 18.0 Å². The van der Waals surface area contributed by atoms with Gasteiger partial charge in [0.15, 0.2) is 5.96 Å². The van der Waals surface area contributed by atoms with Crippen LogP contribution in [0.3, 0.4) is 0 Å². The molecule has 1 saturated carbocycles. The van der Waals surface area contributed by atoms with Gasteiger partial charge in [-0.25, -0.2) is 0 Å². The summed E-state index contributed by atoms with van der Waals surface area (Å²) in [5.41, 5.74) is 1.13. The molecule has 0 spiro atoms. The SMILES string of the molecule is CN=C(NC1CC1C)N1CCOC(c2cnn(C)c2)C1. The molecule has 1 aromatic rings. The number of morpholine rings is 1. The maximum Gasteiger partial charge on any atom is 0.194 e. The Morgan fingerprint density at radius 3 is 2.95 bits per heavy atom. The van der Waals surface area contributed by atoms with Crippen molar-refractivity contribution < 1.29 is 4.74 Å². The first-order valence-corrected chi connectivity index (χ1v) is 7.26. The number of aryl methyl sites for hydroxylation is 1. The summed E-state index contributed by atoms with van der Waals surface area (Å²) in [6, 6.07) is 0.591. The van der Waals surface area contributed by atoms with Crippen molar-refractivity contribution in [1.29, 1.82) is 0 Å². The fourth-order valence-corrected chi connectivity index (χ4v) is 2.64. The van der Waals surface area contributed by atoms with Crippen molar-refractivity contribution in [2.24, 2.45) is 18.0 Å². The van der Waals surface area contributed by atoms with E-state index in [0.29, 0.717) is 6.04 Å². The zero-order chi connectivity index (χ0) is 14.1. The Balaban J connectivity index is 1.64. The summed E-state index contributed by atoms with van der Waals surface area (Å²) in [6.45, 7) is 4.70. The van der Waals surface area contributed by atoms with Crippen LogP contribution < -0.4 is 5.32 Å². The zero-order valence-electron chi connectivity index (χ0n) is 12.4. The van der Waals surface area contributed by atoms with Crippen molar-refractivity contribution in [2.75, 3.05) is 26.7 Å². The van der Waals surface area contributed by atoms with Gasteiger partial charge in [0.25, 0.3) is 0 Å². The van der Waals surface area contributed by atoms with Crippen LogP contribution in [0.2, 0.25) is 0 Å². The normalized spacial score (nSPS) is 30.4. The molecule has 1 aliphatic heterocycles. The molecule has 0 amide bonds. The van der Waals surface area contributed by atoms with Crippen LogP contribution in [0.25, 0.3) is 0 Å². The Kier molecular flexibility index (Phi) is 3.65. The van der Waals surface area contributed by atoms with E-state index in [1.807, 2.05) is 31.2 Å². The molecular formula is C14H23N5O. The first-order chi connectivity index (χ1) is 9.67. The molecule has 1 aliphatic carbocycles. The number of ether oxygens (including phenoxy) is 1. The largest absolute Gasteiger partial charge is 0.370 e. The van der Waals surface area contributed by atoms with Crippen LogP contribution in [0.4, 0.5) is 0 Å². The van der Waals surface area contributed by atoms with Gasteiger partial charge in [0.1, 0.15) is 6.10 Å². The van der Waals surface area contributed by atoms with Crippen molar-refractivity contribution >= 4 is 5.96 Å². The highest BCUT2D eigenvalue weighted by atomic mass is 16.5. The molecule has 2 heterocycles. The second-order valence-electron chi connectivity index (χ2n) is 5.76. The van der Waals surface area contributed by atoms with Crippen LogP contribution in [-0.2, 0) is 11.8 Å². The smallest absolute Gasteiger partial charge is 0.194 e. The molecule has 110 valence electrons. The van der Waals surface area contributed by atoms with Gasteiger partial charge in [-0.1, -0.05) is 6.92 Å². The summed E-state index contributed by atoms with van der Waals surface area (Å²) in [5.74, 6) is 1.76. The topological polar surface area (TPSA) is 54.7 Å². The predicted octanol–water partition coefficient (Wildman–Crippen LogP) is 0.777. The zero-order valence-corrected chi connectivity index (χ0v) is 12.4. The predicted molar refractivity (Wildman–Crippen MR) is 77.5 cm³/mol. The van der Waals surface area contributed by atoms with E-state index in [1.54, 1.807) is 0 Å². The standard InChI is InChI=1S/C14H23N5O/c1-10-6-12(10)17-14(15-2)19-4-5-20-13(9-19)11-7-16-18(3)8-11/h7-8,10,12-13H,4-6,9H2,1-3H3,(H,15,17). The molecule has 20 heavy (non-hydrogen) atoms. The van der Waals surface area contributed by atoms with Crippen LogP contribution in [-0.4, -0.2) is 53.4 Å². The Morgan fingerprint density at radius 1 is 1.55 bits per heavy atom. The molecule has 0 radical (unpaired) electrons. The van der Waals surface area contributed by atoms with Crippen LogP contribution in [0.5, 0.6) is 0 Å². The van der Waals surface area contributed by atoms with Crippen molar-refractivity contribution in [2.45, 2.75) is 25.5 Å². The molecule has 1 saturated heterocycles. The monoisotopic (exact) mass is 277 g/mol. The van der Waals surface area contributed by atoms with E-state index >= 15 is 0 Å². The average Bonchev–Trinajstić information content (AvgIpc) is 2.96. The highest BCUT2D eigenvalue weighted by molar-refractivity contribution is 5.80. The third-order valence-electron chi connectivity index (χ3n) is 4.10. The molecule has 6 heteroatoms. The van der Waals surface area contributed by atoms with Crippen LogP contribution in [0, 0.1) is 5.92 Å². The van der Waals surface area contributed by atoms with Gasteiger partial charge in [0, 0.05) is 38.4 Å². The third kappa shape index (κ3) is 2.80. The summed E-state index contributed by atoms with van der Waals surface area (Å²) >= 11 is 0. The summed E-state index contributed by atoms with van der Waals surface area (Å²) < 4.78 is 7.68. The number of hydrogen-bond acceptors (Lipinski definition) is 3. The number of hydrogen-bond donors (Lipinski definition) is 1. The van der Waals surface area contributed by atoms with E-state index in [2.05, 4.69) is 27.2 Å². The molecular weight excluding hydrogens is 254 g/mol. The molecule has 3 unspecified atom stereocenters. The first kappa shape index (κ1) is 13.4. The summed E-state index contributed by atoms with van der Waals surface area (Å²) in [6.07, 6.45) is 5.23.